The lowest BCUT2D eigenvalue weighted by atomic mass is 9.85. The minimum atomic E-state index is -0.260. The van der Waals surface area contributed by atoms with Crippen LogP contribution in [0, 0.1) is 5.92 Å². The molecule has 1 aliphatic heterocycles. The number of likely N-dealkylation sites (N-methyl/N-ethyl adjacent to an activating group) is 1. The van der Waals surface area contributed by atoms with E-state index in [1.807, 2.05) is 11.9 Å². The van der Waals surface area contributed by atoms with Crippen LogP contribution in [0.25, 0.3) is 0 Å². The largest absolute Gasteiger partial charge is 0.366 e. The van der Waals surface area contributed by atoms with Crippen LogP contribution in [0.5, 0.6) is 0 Å². The Morgan fingerprint density at radius 1 is 1.53 bits per heavy atom. The molecule has 0 bridgehead atoms. The normalized spacial score (nSPS) is 27.1. The second-order valence-electron chi connectivity index (χ2n) is 4.58. The summed E-state index contributed by atoms with van der Waals surface area (Å²) in [6, 6.07) is 0. The minimum absolute atomic E-state index is 0.133. The maximum atomic E-state index is 11.9. The van der Waals surface area contributed by atoms with E-state index in [9.17, 15) is 4.79 Å². The molecule has 2 fully saturated rings. The van der Waals surface area contributed by atoms with Gasteiger partial charge in [-0.05, 0) is 18.8 Å². The molecule has 4 heteroatoms. The molecule has 2 rings (SSSR count). The van der Waals surface area contributed by atoms with Gasteiger partial charge in [0.05, 0.1) is 6.61 Å². The molecule has 1 saturated heterocycles. The number of hydrogen-bond donors (Lipinski definition) is 1. The second kappa shape index (κ2) is 4.94. The molecule has 0 aromatic rings. The minimum Gasteiger partial charge on any atom is -0.366 e. The molecular formula is C11H20N2O2. The Morgan fingerprint density at radius 3 is 2.87 bits per heavy atom. The van der Waals surface area contributed by atoms with Crippen molar-refractivity contribution in [2.75, 3.05) is 33.3 Å². The first kappa shape index (κ1) is 10.9. The average molecular weight is 212 g/mol. The first-order valence-corrected chi connectivity index (χ1v) is 5.84. The van der Waals surface area contributed by atoms with E-state index < -0.39 is 0 Å². The summed E-state index contributed by atoms with van der Waals surface area (Å²) in [7, 11) is 1.89. The Kier molecular flexibility index (Phi) is 3.59. The SMILES string of the molecule is CN(CC1CCC1)C(=O)C1CNCCO1. The molecule has 0 aromatic carbocycles. The summed E-state index contributed by atoms with van der Waals surface area (Å²) in [5.41, 5.74) is 0. The van der Waals surface area contributed by atoms with Crippen molar-refractivity contribution >= 4 is 5.91 Å². The van der Waals surface area contributed by atoms with Crippen LogP contribution >= 0.6 is 0 Å². The molecule has 1 amide bonds. The van der Waals surface area contributed by atoms with E-state index in [0.29, 0.717) is 13.2 Å². The standard InChI is InChI=1S/C11H20N2O2/c1-13(8-9-3-2-4-9)11(14)10-7-12-5-6-15-10/h9-10,12H,2-8H2,1H3. The molecule has 0 radical (unpaired) electrons. The van der Waals surface area contributed by atoms with Crippen LogP contribution in [-0.4, -0.2) is 50.2 Å². The summed E-state index contributed by atoms with van der Waals surface area (Å²) < 4.78 is 5.44. The summed E-state index contributed by atoms with van der Waals surface area (Å²) in [4.78, 5) is 13.8. The van der Waals surface area contributed by atoms with Crippen molar-refractivity contribution in [1.82, 2.24) is 10.2 Å². The van der Waals surface area contributed by atoms with Crippen molar-refractivity contribution in [1.29, 1.82) is 0 Å². The van der Waals surface area contributed by atoms with E-state index in [4.69, 9.17) is 4.74 Å². The third-order valence-corrected chi connectivity index (χ3v) is 3.34. The zero-order valence-electron chi connectivity index (χ0n) is 9.37. The number of rotatable bonds is 3. The molecule has 1 N–H and O–H groups in total. The van der Waals surface area contributed by atoms with Crippen molar-refractivity contribution in [2.45, 2.75) is 25.4 Å². The van der Waals surface area contributed by atoms with Crippen LogP contribution in [0.3, 0.4) is 0 Å². The van der Waals surface area contributed by atoms with Gasteiger partial charge in [0.25, 0.3) is 5.91 Å². The average Bonchev–Trinajstić information content (AvgIpc) is 2.23. The van der Waals surface area contributed by atoms with Crippen LogP contribution in [0.1, 0.15) is 19.3 Å². The van der Waals surface area contributed by atoms with E-state index in [-0.39, 0.29) is 12.0 Å². The van der Waals surface area contributed by atoms with E-state index >= 15 is 0 Å². The highest BCUT2D eigenvalue weighted by Gasteiger charge is 2.27. The molecule has 1 saturated carbocycles. The van der Waals surface area contributed by atoms with E-state index in [0.717, 1.165) is 19.0 Å². The lowest BCUT2D eigenvalue weighted by molar-refractivity contribution is -0.144. The van der Waals surface area contributed by atoms with Crippen molar-refractivity contribution in [3.05, 3.63) is 0 Å². The van der Waals surface area contributed by atoms with Crippen LogP contribution in [-0.2, 0) is 9.53 Å². The fraction of sp³-hybridized carbons (Fsp3) is 0.909. The third-order valence-electron chi connectivity index (χ3n) is 3.34. The Labute approximate surface area is 91.0 Å². The summed E-state index contributed by atoms with van der Waals surface area (Å²) in [6.45, 7) is 3.07. The quantitative estimate of drug-likeness (QED) is 0.728. The van der Waals surface area contributed by atoms with Gasteiger partial charge in [-0.25, -0.2) is 0 Å². The highest BCUT2D eigenvalue weighted by Crippen LogP contribution is 2.26. The van der Waals surface area contributed by atoms with Gasteiger partial charge in [0.2, 0.25) is 0 Å². The number of morpholine rings is 1. The number of amides is 1. The summed E-state index contributed by atoms with van der Waals surface area (Å²) in [5.74, 6) is 0.865. The van der Waals surface area contributed by atoms with Gasteiger partial charge in [0.1, 0.15) is 6.10 Å². The number of nitrogens with zero attached hydrogens (tertiary/aromatic N) is 1. The zero-order chi connectivity index (χ0) is 10.7. The van der Waals surface area contributed by atoms with Gasteiger partial charge in [-0.1, -0.05) is 6.42 Å². The molecule has 2 aliphatic rings. The Hall–Kier alpha value is -0.610. The van der Waals surface area contributed by atoms with Crippen LogP contribution in [0.15, 0.2) is 0 Å². The maximum absolute atomic E-state index is 11.9. The third kappa shape index (κ3) is 2.69. The molecule has 0 spiro atoms. The number of ether oxygens (including phenoxy) is 1. The van der Waals surface area contributed by atoms with Gasteiger partial charge in [-0.3, -0.25) is 4.79 Å². The van der Waals surface area contributed by atoms with Crippen molar-refractivity contribution < 1.29 is 9.53 Å². The van der Waals surface area contributed by atoms with Gasteiger partial charge >= 0.3 is 0 Å². The monoisotopic (exact) mass is 212 g/mol. The van der Waals surface area contributed by atoms with Crippen molar-refractivity contribution in [2.24, 2.45) is 5.92 Å². The molecule has 0 aromatic heterocycles. The Balaban J connectivity index is 1.77. The highest BCUT2D eigenvalue weighted by molar-refractivity contribution is 5.81. The van der Waals surface area contributed by atoms with E-state index in [1.165, 1.54) is 19.3 Å². The molecule has 15 heavy (non-hydrogen) atoms. The predicted molar refractivity (Wildman–Crippen MR) is 57.6 cm³/mol. The molecule has 4 nitrogen and oxygen atoms in total. The van der Waals surface area contributed by atoms with Gasteiger partial charge in [-0.15, -0.1) is 0 Å². The second-order valence-corrected chi connectivity index (χ2v) is 4.58. The fourth-order valence-electron chi connectivity index (χ4n) is 2.12. The Morgan fingerprint density at radius 2 is 2.33 bits per heavy atom. The van der Waals surface area contributed by atoms with Gasteiger partial charge in [0, 0.05) is 26.7 Å². The molecule has 1 heterocycles. The molecular weight excluding hydrogens is 192 g/mol. The van der Waals surface area contributed by atoms with Gasteiger partial charge in [-0.2, -0.15) is 0 Å². The van der Waals surface area contributed by atoms with E-state index in [1.54, 1.807) is 0 Å². The number of hydrogen-bond acceptors (Lipinski definition) is 3. The van der Waals surface area contributed by atoms with E-state index in [2.05, 4.69) is 5.32 Å². The lowest BCUT2D eigenvalue weighted by Gasteiger charge is -2.33. The summed E-state index contributed by atoms with van der Waals surface area (Å²) in [6.07, 6.45) is 3.63. The van der Waals surface area contributed by atoms with Crippen LogP contribution in [0.2, 0.25) is 0 Å². The molecule has 1 atom stereocenters. The topological polar surface area (TPSA) is 41.6 Å². The number of nitrogens with one attached hydrogen (secondary N) is 1. The molecule has 1 unspecified atom stereocenters. The molecule has 1 aliphatic carbocycles. The predicted octanol–water partition coefficient (Wildman–Crippen LogP) is 0.233. The smallest absolute Gasteiger partial charge is 0.252 e. The van der Waals surface area contributed by atoms with Crippen LogP contribution in [0.4, 0.5) is 0 Å². The van der Waals surface area contributed by atoms with Gasteiger partial charge < -0.3 is 15.0 Å². The zero-order valence-corrected chi connectivity index (χ0v) is 9.37. The maximum Gasteiger partial charge on any atom is 0.252 e. The summed E-state index contributed by atoms with van der Waals surface area (Å²) >= 11 is 0. The highest BCUT2D eigenvalue weighted by atomic mass is 16.5. The first-order valence-electron chi connectivity index (χ1n) is 5.84. The summed E-state index contributed by atoms with van der Waals surface area (Å²) in [5, 5.41) is 3.18. The lowest BCUT2D eigenvalue weighted by Crippen LogP contribution is -2.49. The number of carbonyl (C=O) groups is 1. The van der Waals surface area contributed by atoms with Crippen molar-refractivity contribution in [3.8, 4) is 0 Å². The van der Waals surface area contributed by atoms with Crippen LogP contribution < -0.4 is 5.32 Å². The Bertz CT molecular complexity index is 223. The van der Waals surface area contributed by atoms with Gasteiger partial charge in [0.15, 0.2) is 0 Å². The number of carbonyl (C=O) groups excluding carboxylic acids is 1. The van der Waals surface area contributed by atoms with Crippen molar-refractivity contribution in [3.63, 3.8) is 0 Å². The fourth-order valence-corrected chi connectivity index (χ4v) is 2.12. The first-order chi connectivity index (χ1) is 7.27. The molecule has 86 valence electrons.